The van der Waals surface area contributed by atoms with Crippen LogP contribution in [0.1, 0.15) is 15.5 Å². The third kappa shape index (κ3) is 3.42. The van der Waals surface area contributed by atoms with Crippen LogP contribution >= 0.6 is 0 Å². The van der Waals surface area contributed by atoms with Crippen molar-refractivity contribution >= 4 is 12.9 Å². The first-order chi connectivity index (χ1) is 10.6. The van der Waals surface area contributed by atoms with E-state index >= 15 is 0 Å². The maximum Gasteiger partial charge on any atom is 0.995 e. The maximum absolute atomic E-state index is 13.6. The molecule has 0 saturated carbocycles. The molecule has 0 radical (unpaired) electrons. The second kappa shape index (κ2) is 5.86. The first-order valence-corrected chi connectivity index (χ1v) is 6.71. The van der Waals surface area contributed by atoms with Gasteiger partial charge in [0.1, 0.15) is 5.76 Å². The Balaban J connectivity index is 1.94. The van der Waals surface area contributed by atoms with Crippen LogP contribution in [0.25, 0.3) is 0 Å². The second-order valence-corrected chi connectivity index (χ2v) is 4.63. The van der Waals surface area contributed by atoms with Crippen molar-refractivity contribution in [1.82, 2.24) is 0 Å². The highest BCUT2D eigenvalue weighted by molar-refractivity contribution is 6.51. The molecule has 1 aliphatic rings. The highest BCUT2D eigenvalue weighted by Crippen LogP contribution is 2.22. The fourth-order valence-corrected chi connectivity index (χ4v) is 1.98. The number of halogens is 2. The molecular weight excluding hydrogens is 285 g/mol. The standard InChI is InChI=1S/C17H11BF2O2/c19-18(20)21-16(12-11-14-7-3-1-4-8-14)13-17(22-18)15-9-5-2-6-10-15/h1-10,13H. The van der Waals surface area contributed by atoms with Crippen molar-refractivity contribution in [1.29, 1.82) is 0 Å². The molecule has 22 heavy (non-hydrogen) atoms. The van der Waals surface area contributed by atoms with Crippen LogP contribution < -0.4 is 0 Å². The molecule has 2 aromatic rings. The fraction of sp³-hybridized carbons (Fsp3) is 0. The Morgan fingerprint density at radius 3 is 2.18 bits per heavy atom. The van der Waals surface area contributed by atoms with Gasteiger partial charge in [0, 0.05) is 5.56 Å². The fourth-order valence-electron chi connectivity index (χ4n) is 1.98. The zero-order chi connectivity index (χ0) is 15.4. The molecule has 0 fully saturated rings. The van der Waals surface area contributed by atoms with E-state index in [1.807, 2.05) is 18.2 Å². The van der Waals surface area contributed by atoms with Crippen molar-refractivity contribution in [3.63, 3.8) is 0 Å². The molecule has 108 valence electrons. The van der Waals surface area contributed by atoms with Crippen LogP contribution in [0.2, 0.25) is 0 Å². The van der Waals surface area contributed by atoms with Gasteiger partial charge < -0.3 is 17.6 Å². The van der Waals surface area contributed by atoms with Gasteiger partial charge in [-0.05, 0) is 30.2 Å². The highest BCUT2D eigenvalue weighted by Gasteiger charge is 2.52. The van der Waals surface area contributed by atoms with Gasteiger partial charge in [0.15, 0.2) is 0 Å². The van der Waals surface area contributed by atoms with E-state index in [0.29, 0.717) is 5.56 Å². The number of benzene rings is 2. The molecule has 0 atom stereocenters. The van der Waals surface area contributed by atoms with Crippen LogP contribution in [0.15, 0.2) is 72.5 Å². The summed E-state index contributed by atoms with van der Waals surface area (Å²) in [6, 6.07) is 17.7. The van der Waals surface area contributed by atoms with Gasteiger partial charge in [-0.1, -0.05) is 42.3 Å². The lowest BCUT2D eigenvalue weighted by Crippen LogP contribution is -2.31. The van der Waals surface area contributed by atoms with Crippen LogP contribution in [0.5, 0.6) is 0 Å². The summed E-state index contributed by atoms with van der Waals surface area (Å²) in [5, 5.41) is 0. The molecular formula is C17H11BF2O2. The highest BCUT2D eigenvalue weighted by atomic mass is 19.3. The number of ketones is 1. The molecule has 0 spiro atoms. The first kappa shape index (κ1) is 14.1. The van der Waals surface area contributed by atoms with Crippen molar-refractivity contribution in [2.24, 2.45) is 0 Å². The maximum atomic E-state index is 13.6. The zero-order valence-corrected chi connectivity index (χ0v) is 11.5. The van der Waals surface area contributed by atoms with E-state index in [0.717, 1.165) is 5.56 Å². The summed E-state index contributed by atoms with van der Waals surface area (Å²) in [5.41, 5.74) is 1.27. The van der Waals surface area contributed by atoms with Gasteiger partial charge in [-0.3, -0.25) is 0 Å². The predicted molar refractivity (Wildman–Crippen MR) is 81.2 cm³/mol. The molecule has 1 heterocycles. The number of carbonyl (C=O) groups excluding carboxylic acids is 1. The Labute approximate surface area is 126 Å². The monoisotopic (exact) mass is 296 g/mol. The van der Waals surface area contributed by atoms with E-state index in [9.17, 15) is 8.63 Å². The van der Waals surface area contributed by atoms with Crippen LogP contribution in [-0.2, 0) is 4.65 Å². The number of hydrogen-bond donors (Lipinski definition) is 0. The van der Waals surface area contributed by atoms with E-state index in [2.05, 4.69) is 20.8 Å². The number of rotatable bonds is 1. The molecule has 2 nitrogen and oxygen atoms in total. The van der Waals surface area contributed by atoms with Gasteiger partial charge in [0.2, 0.25) is 0 Å². The molecule has 0 aliphatic carbocycles. The third-order valence-corrected chi connectivity index (χ3v) is 2.95. The molecule has 2 aromatic carbocycles. The molecule has 0 N–H and O–H groups in total. The van der Waals surface area contributed by atoms with Gasteiger partial charge >= 0.3 is 7.11 Å². The quantitative estimate of drug-likeness (QED) is 0.446. The third-order valence-electron chi connectivity index (χ3n) is 2.95. The summed E-state index contributed by atoms with van der Waals surface area (Å²) in [5.74, 6) is 5.34. The van der Waals surface area contributed by atoms with Crippen molar-refractivity contribution < 1.29 is 17.6 Å². The van der Waals surface area contributed by atoms with E-state index in [1.54, 1.807) is 42.5 Å². The Bertz CT molecular complexity index is 788. The Hall–Kier alpha value is -2.87. The predicted octanol–water partition coefficient (Wildman–Crippen LogP) is 3.75. The molecule has 0 aromatic heterocycles. The molecule has 0 amide bonds. The molecule has 3 rings (SSSR count). The molecule has 1 aliphatic heterocycles. The zero-order valence-electron chi connectivity index (χ0n) is 11.5. The summed E-state index contributed by atoms with van der Waals surface area (Å²) in [6.07, 6.45) is 1.38. The lowest BCUT2D eigenvalue weighted by Gasteiger charge is -2.16. The van der Waals surface area contributed by atoms with Crippen molar-refractivity contribution in [3.8, 4) is 11.8 Å². The largest absolute Gasteiger partial charge is 0.995 e. The first-order valence-electron chi connectivity index (χ1n) is 6.71. The molecule has 0 saturated heterocycles. The summed E-state index contributed by atoms with van der Waals surface area (Å²) in [6.45, 7) is 0. The smallest absolute Gasteiger partial charge is 0.563 e. The minimum Gasteiger partial charge on any atom is -0.563 e. The van der Waals surface area contributed by atoms with Gasteiger partial charge in [-0.25, -0.2) is 0 Å². The van der Waals surface area contributed by atoms with E-state index in [4.69, 9.17) is 0 Å². The SMILES string of the molecule is F[B-]1(F)OC(C#Cc2ccccc2)=CC(c2ccccc2)=[O+]1. The van der Waals surface area contributed by atoms with Crippen molar-refractivity contribution in [3.05, 3.63) is 83.6 Å². The molecule has 0 unspecified atom stereocenters. The molecule has 5 heteroatoms. The van der Waals surface area contributed by atoms with E-state index in [1.165, 1.54) is 6.08 Å². The van der Waals surface area contributed by atoms with Crippen LogP contribution in [-0.4, -0.2) is 12.9 Å². The van der Waals surface area contributed by atoms with Gasteiger partial charge in [-0.2, -0.15) is 0 Å². The minimum absolute atomic E-state index is 0.0502. The van der Waals surface area contributed by atoms with E-state index < -0.39 is 7.11 Å². The van der Waals surface area contributed by atoms with E-state index in [-0.39, 0.29) is 11.5 Å². The number of hydrogen-bond acceptors (Lipinski definition) is 1. The van der Waals surface area contributed by atoms with Gasteiger partial charge in [0.25, 0.3) is 5.78 Å². The Morgan fingerprint density at radius 1 is 0.864 bits per heavy atom. The van der Waals surface area contributed by atoms with Crippen molar-refractivity contribution in [2.45, 2.75) is 0 Å². The van der Waals surface area contributed by atoms with Crippen LogP contribution in [0.4, 0.5) is 8.63 Å². The average Bonchev–Trinajstić information content (AvgIpc) is 2.53. The summed E-state index contributed by atoms with van der Waals surface area (Å²) in [4.78, 5) is 0. The van der Waals surface area contributed by atoms with Gasteiger partial charge in [0.05, 0.1) is 11.6 Å². The van der Waals surface area contributed by atoms with Gasteiger partial charge in [-0.15, -0.1) is 0 Å². The lowest BCUT2D eigenvalue weighted by atomic mass is 10.1. The van der Waals surface area contributed by atoms with Crippen LogP contribution in [0.3, 0.4) is 0 Å². The lowest BCUT2D eigenvalue weighted by molar-refractivity contribution is -0.188. The second-order valence-electron chi connectivity index (χ2n) is 4.63. The summed E-state index contributed by atoms with van der Waals surface area (Å²) < 4.78 is 36.4. The Morgan fingerprint density at radius 2 is 1.50 bits per heavy atom. The molecule has 0 bridgehead atoms. The topological polar surface area (TPSA) is 20.5 Å². The Kier molecular flexibility index (Phi) is 3.75. The average molecular weight is 296 g/mol. The van der Waals surface area contributed by atoms with Crippen LogP contribution in [0, 0.1) is 11.8 Å². The minimum atomic E-state index is -4.41. The summed E-state index contributed by atoms with van der Waals surface area (Å²) >= 11 is 0. The normalized spacial score (nSPS) is 15.7. The van der Waals surface area contributed by atoms with Crippen molar-refractivity contribution in [2.75, 3.05) is 0 Å². The summed E-state index contributed by atoms with van der Waals surface area (Å²) in [7, 11) is -4.41. The number of allylic oxidation sites excluding steroid dienone is 2.